The van der Waals surface area contributed by atoms with Crippen molar-refractivity contribution in [1.82, 2.24) is 15.6 Å². The first-order valence-electron chi connectivity index (χ1n) is 5.15. The predicted molar refractivity (Wildman–Crippen MR) is 61.7 cm³/mol. The molecule has 0 aliphatic heterocycles. The van der Waals surface area contributed by atoms with Crippen molar-refractivity contribution >= 4 is 11.3 Å². The van der Waals surface area contributed by atoms with Crippen LogP contribution in [0, 0.1) is 6.92 Å². The molecule has 0 amide bonds. The van der Waals surface area contributed by atoms with E-state index in [1.165, 1.54) is 16.3 Å². The zero-order valence-corrected chi connectivity index (χ0v) is 9.78. The molecule has 14 heavy (non-hydrogen) atoms. The Bertz CT molecular complexity index is 247. The highest BCUT2D eigenvalue weighted by Crippen LogP contribution is 2.09. The molecule has 1 aromatic heterocycles. The number of rotatable bonds is 7. The van der Waals surface area contributed by atoms with E-state index in [0.29, 0.717) is 0 Å². The van der Waals surface area contributed by atoms with Crippen LogP contribution in [-0.2, 0) is 6.54 Å². The number of hydrogen-bond acceptors (Lipinski definition) is 4. The van der Waals surface area contributed by atoms with Gasteiger partial charge in [-0.3, -0.25) is 0 Å². The summed E-state index contributed by atoms with van der Waals surface area (Å²) in [6, 6.07) is 0. The van der Waals surface area contributed by atoms with Crippen LogP contribution in [0.25, 0.3) is 0 Å². The van der Waals surface area contributed by atoms with Gasteiger partial charge in [-0.05, 0) is 19.9 Å². The molecule has 0 radical (unpaired) electrons. The van der Waals surface area contributed by atoms with E-state index in [0.717, 1.165) is 26.2 Å². The topological polar surface area (TPSA) is 37.0 Å². The molecule has 80 valence electrons. The fourth-order valence-corrected chi connectivity index (χ4v) is 1.91. The van der Waals surface area contributed by atoms with Gasteiger partial charge in [0.1, 0.15) is 5.01 Å². The van der Waals surface area contributed by atoms with Crippen molar-refractivity contribution in [3.8, 4) is 0 Å². The molecule has 3 nitrogen and oxygen atoms in total. The molecule has 1 aromatic rings. The minimum Gasteiger partial charge on any atom is -0.315 e. The summed E-state index contributed by atoms with van der Waals surface area (Å²) in [5, 5.41) is 7.89. The Kier molecular flexibility index (Phi) is 5.75. The van der Waals surface area contributed by atoms with Crippen molar-refractivity contribution in [2.45, 2.75) is 26.8 Å². The van der Waals surface area contributed by atoms with Crippen LogP contribution in [-0.4, -0.2) is 24.6 Å². The number of aromatic nitrogens is 1. The molecular formula is C10H19N3S. The van der Waals surface area contributed by atoms with Crippen molar-refractivity contribution in [2.24, 2.45) is 0 Å². The van der Waals surface area contributed by atoms with Gasteiger partial charge in [0.15, 0.2) is 0 Å². The molecule has 0 atom stereocenters. The van der Waals surface area contributed by atoms with Crippen molar-refractivity contribution in [3.05, 3.63) is 16.1 Å². The Balaban J connectivity index is 1.99. The van der Waals surface area contributed by atoms with Crippen LogP contribution < -0.4 is 10.6 Å². The maximum atomic E-state index is 4.29. The summed E-state index contributed by atoms with van der Waals surface area (Å²) in [6.45, 7) is 8.32. The third-order valence-corrected chi connectivity index (χ3v) is 2.76. The van der Waals surface area contributed by atoms with Crippen LogP contribution in [0.5, 0.6) is 0 Å². The number of thiazole rings is 1. The van der Waals surface area contributed by atoms with Gasteiger partial charge in [0.2, 0.25) is 0 Å². The molecule has 1 heterocycles. The van der Waals surface area contributed by atoms with Crippen LogP contribution in [0.1, 0.15) is 23.2 Å². The van der Waals surface area contributed by atoms with Gasteiger partial charge in [0.05, 0.1) is 0 Å². The third kappa shape index (κ3) is 4.69. The Morgan fingerprint density at radius 3 is 2.71 bits per heavy atom. The van der Waals surface area contributed by atoms with Gasteiger partial charge < -0.3 is 10.6 Å². The molecule has 0 aliphatic carbocycles. The van der Waals surface area contributed by atoms with E-state index >= 15 is 0 Å². The summed E-state index contributed by atoms with van der Waals surface area (Å²) >= 11 is 1.76. The summed E-state index contributed by atoms with van der Waals surface area (Å²) < 4.78 is 0. The maximum absolute atomic E-state index is 4.29. The summed E-state index contributed by atoms with van der Waals surface area (Å²) in [4.78, 5) is 5.57. The zero-order chi connectivity index (χ0) is 10.2. The largest absolute Gasteiger partial charge is 0.315 e. The van der Waals surface area contributed by atoms with Crippen LogP contribution in [0.4, 0.5) is 0 Å². The van der Waals surface area contributed by atoms with Crippen molar-refractivity contribution in [2.75, 3.05) is 19.6 Å². The van der Waals surface area contributed by atoms with E-state index < -0.39 is 0 Å². The van der Waals surface area contributed by atoms with Gasteiger partial charge in [0.25, 0.3) is 0 Å². The molecule has 0 unspecified atom stereocenters. The van der Waals surface area contributed by atoms with Crippen LogP contribution in [0.2, 0.25) is 0 Å². The Morgan fingerprint density at radius 1 is 1.29 bits per heavy atom. The molecule has 2 N–H and O–H groups in total. The number of nitrogens with one attached hydrogen (secondary N) is 2. The lowest BCUT2D eigenvalue weighted by molar-refractivity contribution is 0.606. The first-order valence-corrected chi connectivity index (χ1v) is 5.97. The van der Waals surface area contributed by atoms with Gasteiger partial charge in [-0.25, -0.2) is 4.98 Å². The van der Waals surface area contributed by atoms with E-state index in [9.17, 15) is 0 Å². The summed E-state index contributed by atoms with van der Waals surface area (Å²) in [5.74, 6) is 0. The molecule has 0 spiro atoms. The molecule has 0 aliphatic rings. The van der Waals surface area contributed by atoms with Crippen LogP contribution in [0.15, 0.2) is 6.20 Å². The monoisotopic (exact) mass is 213 g/mol. The molecule has 0 saturated heterocycles. The molecule has 0 aromatic carbocycles. The predicted octanol–water partition coefficient (Wildman–Crippen LogP) is 1.54. The quantitative estimate of drug-likeness (QED) is 0.675. The van der Waals surface area contributed by atoms with Crippen molar-refractivity contribution in [1.29, 1.82) is 0 Å². The van der Waals surface area contributed by atoms with Crippen LogP contribution in [0.3, 0.4) is 0 Å². The molecule has 0 bridgehead atoms. The van der Waals surface area contributed by atoms with Crippen molar-refractivity contribution in [3.63, 3.8) is 0 Å². The highest BCUT2D eigenvalue weighted by atomic mass is 32.1. The fourth-order valence-electron chi connectivity index (χ4n) is 1.16. The zero-order valence-electron chi connectivity index (χ0n) is 8.97. The lowest BCUT2D eigenvalue weighted by Crippen LogP contribution is -2.27. The second kappa shape index (κ2) is 6.92. The standard InChI is InChI=1S/C10H19N3S/c1-3-4-11-5-6-12-8-10-13-7-9(2)14-10/h7,11-12H,3-6,8H2,1-2H3. The molecule has 1 rings (SSSR count). The third-order valence-electron chi connectivity index (χ3n) is 1.85. The van der Waals surface area contributed by atoms with E-state index in [2.05, 4.69) is 29.5 Å². The minimum absolute atomic E-state index is 0.895. The van der Waals surface area contributed by atoms with Crippen LogP contribution >= 0.6 is 11.3 Å². The maximum Gasteiger partial charge on any atom is 0.107 e. The second-order valence-corrected chi connectivity index (χ2v) is 4.61. The highest BCUT2D eigenvalue weighted by Gasteiger charge is 1.96. The van der Waals surface area contributed by atoms with E-state index in [4.69, 9.17) is 0 Å². The summed E-state index contributed by atoms with van der Waals surface area (Å²) in [7, 11) is 0. The summed E-state index contributed by atoms with van der Waals surface area (Å²) in [6.07, 6.45) is 3.13. The fraction of sp³-hybridized carbons (Fsp3) is 0.700. The van der Waals surface area contributed by atoms with Gasteiger partial charge in [-0.1, -0.05) is 6.92 Å². The van der Waals surface area contributed by atoms with Gasteiger partial charge in [-0.15, -0.1) is 11.3 Å². The second-order valence-electron chi connectivity index (χ2n) is 3.29. The molecule has 4 heteroatoms. The first kappa shape index (κ1) is 11.6. The summed E-state index contributed by atoms with van der Waals surface area (Å²) in [5.41, 5.74) is 0. The molecular weight excluding hydrogens is 194 g/mol. The lowest BCUT2D eigenvalue weighted by atomic mass is 10.4. The highest BCUT2D eigenvalue weighted by molar-refractivity contribution is 7.11. The lowest BCUT2D eigenvalue weighted by Gasteiger charge is -2.03. The number of aryl methyl sites for hydroxylation is 1. The van der Waals surface area contributed by atoms with E-state index in [1.807, 2.05) is 6.20 Å². The van der Waals surface area contributed by atoms with E-state index in [1.54, 1.807) is 11.3 Å². The number of nitrogens with zero attached hydrogens (tertiary/aromatic N) is 1. The average Bonchev–Trinajstić information content (AvgIpc) is 2.58. The minimum atomic E-state index is 0.895. The van der Waals surface area contributed by atoms with Gasteiger partial charge in [0, 0.05) is 30.7 Å². The molecule has 0 saturated carbocycles. The smallest absolute Gasteiger partial charge is 0.107 e. The average molecular weight is 213 g/mol. The SMILES string of the molecule is CCCNCCNCc1ncc(C)s1. The Labute approximate surface area is 89.9 Å². The Hall–Kier alpha value is -0.450. The van der Waals surface area contributed by atoms with E-state index in [-0.39, 0.29) is 0 Å². The van der Waals surface area contributed by atoms with Gasteiger partial charge in [-0.2, -0.15) is 0 Å². The molecule has 0 fully saturated rings. The normalized spacial score (nSPS) is 10.7. The first-order chi connectivity index (χ1) is 6.83. The Morgan fingerprint density at radius 2 is 2.07 bits per heavy atom. The number of hydrogen-bond donors (Lipinski definition) is 2. The van der Waals surface area contributed by atoms with Gasteiger partial charge >= 0.3 is 0 Å². The van der Waals surface area contributed by atoms with Crippen molar-refractivity contribution < 1.29 is 0 Å².